The standard InChI is InChI=1S/C12H18N2O4.C3H8/c1-8(13-5-6-14-12(17)18-2)10-4-3-9(15)7-11(10)16;1-3-2/h3-4,7-8,13,15-16H,5-6H2,1-2H3,(H,14,17);3H2,1-2H3. The number of rotatable bonds is 5. The van der Waals surface area contributed by atoms with Crippen LogP contribution in [0.15, 0.2) is 18.2 Å². The number of carbonyl (C=O) groups excluding carboxylic acids is 1. The van der Waals surface area contributed by atoms with Crippen LogP contribution in [0.1, 0.15) is 38.8 Å². The SMILES string of the molecule is CCC.COC(=O)NCCNC(C)c1ccc(O)cc1O. The first-order valence-electron chi connectivity index (χ1n) is 7.03. The van der Waals surface area contributed by atoms with Crippen molar-refractivity contribution in [1.82, 2.24) is 10.6 Å². The number of hydrogen-bond acceptors (Lipinski definition) is 5. The van der Waals surface area contributed by atoms with E-state index in [1.54, 1.807) is 6.07 Å². The van der Waals surface area contributed by atoms with Gasteiger partial charge in [-0.05, 0) is 13.0 Å². The first-order valence-corrected chi connectivity index (χ1v) is 7.03. The molecule has 1 amide bonds. The molecule has 0 fully saturated rings. The highest BCUT2D eigenvalue weighted by molar-refractivity contribution is 5.66. The summed E-state index contributed by atoms with van der Waals surface area (Å²) in [6.45, 7) is 7.09. The predicted octanol–water partition coefficient (Wildman–Crippen LogP) is 2.52. The average molecular weight is 298 g/mol. The average Bonchev–Trinajstić information content (AvgIpc) is 2.43. The van der Waals surface area contributed by atoms with E-state index in [0.29, 0.717) is 18.7 Å². The zero-order valence-electron chi connectivity index (χ0n) is 13.1. The monoisotopic (exact) mass is 298 g/mol. The summed E-state index contributed by atoms with van der Waals surface area (Å²) in [5.74, 6) is 0.0618. The molecule has 0 saturated carbocycles. The Balaban J connectivity index is 0.00000122. The normalized spacial score (nSPS) is 11.0. The largest absolute Gasteiger partial charge is 0.508 e. The Labute approximate surface area is 126 Å². The Bertz CT molecular complexity index is 424. The molecule has 21 heavy (non-hydrogen) atoms. The molecule has 0 aliphatic heterocycles. The number of phenols is 2. The Morgan fingerprint density at radius 2 is 1.90 bits per heavy atom. The van der Waals surface area contributed by atoms with Crippen LogP contribution >= 0.6 is 0 Å². The van der Waals surface area contributed by atoms with Crippen molar-refractivity contribution in [3.63, 3.8) is 0 Å². The second-order valence-corrected chi connectivity index (χ2v) is 4.54. The molecular formula is C15H26N2O4. The van der Waals surface area contributed by atoms with Gasteiger partial charge in [-0.2, -0.15) is 0 Å². The van der Waals surface area contributed by atoms with E-state index in [-0.39, 0.29) is 17.5 Å². The van der Waals surface area contributed by atoms with E-state index in [1.807, 2.05) is 6.92 Å². The molecule has 1 aromatic carbocycles. The highest BCUT2D eigenvalue weighted by atomic mass is 16.5. The van der Waals surface area contributed by atoms with E-state index >= 15 is 0 Å². The molecule has 4 N–H and O–H groups in total. The number of methoxy groups -OCH3 is 1. The lowest BCUT2D eigenvalue weighted by Crippen LogP contribution is -2.32. The Kier molecular flexibility index (Phi) is 9.79. The maximum atomic E-state index is 10.8. The summed E-state index contributed by atoms with van der Waals surface area (Å²) in [6.07, 6.45) is 0.775. The van der Waals surface area contributed by atoms with Gasteiger partial charge in [0.25, 0.3) is 0 Å². The van der Waals surface area contributed by atoms with Gasteiger partial charge in [0.1, 0.15) is 11.5 Å². The van der Waals surface area contributed by atoms with Crippen LogP contribution in [-0.4, -0.2) is 36.5 Å². The van der Waals surface area contributed by atoms with Gasteiger partial charge < -0.3 is 25.6 Å². The van der Waals surface area contributed by atoms with Gasteiger partial charge in [-0.1, -0.05) is 26.3 Å². The van der Waals surface area contributed by atoms with Crippen molar-refractivity contribution >= 4 is 6.09 Å². The van der Waals surface area contributed by atoms with Crippen LogP contribution in [0.5, 0.6) is 11.5 Å². The Morgan fingerprint density at radius 3 is 2.43 bits per heavy atom. The van der Waals surface area contributed by atoms with Gasteiger partial charge >= 0.3 is 6.09 Å². The van der Waals surface area contributed by atoms with Crippen LogP contribution in [0.4, 0.5) is 4.79 Å². The van der Waals surface area contributed by atoms with Gasteiger partial charge in [-0.3, -0.25) is 0 Å². The summed E-state index contributed by atoms with van der Waals surface area (Å²) in [5, 5.41) is 24.5. The van der Waals surface area contributed by atoms with E-state index in [0.717, 1.165) is 0 Å². The van der Waals surface area contributed by atoms with Crippen molar-refractivity contribution < 1.29 is 19.7 Å². The van der Waals surface area contributed by atoms with E-state index in [2.05, 4.69) is 29.2 Å². The van der Waals surface area contributed by atoms with Crippen LogP contribution in [0, 0.1) is 0 Å². The second kappa shape index (κ2) is 10.8. The van der Waals surface area contributed by atoms with Crippen LogP contribution in [-0.2, 0) is 4.74 Å². The molecule has 1 atom stereocenters. The van der Waals surface area contributed by atoms with Gasteiger partial charge in [0.05, 0.1) is 7.11 Å². The highest BCUT2D eigenvalue weighted by Gasteiger charge is 2.10. The number of nitrogens with one attached hydrogen (secondary N) is 2. The van der Waals surface area contributed by atoms with Gasteiger partial charge in [0, 0.05) is 30.8 Å². The summed E-state index contributed by atoms with van der Waals surface area (Å²) in [7, 11) is 1.31. The van der Waals surface area contributed by atoms with E-state index < -0.39 is 6.09 Å². The summed E-state index contributed by atoms with van der Waals surface area (Å²) < 4.78 is 4.43. The minimum Gasteiger partial charge on any atom is -0.508 e. The maximum absolute atomic E-state index is 10.8. The van der Waals surface area contributed by atoms with Crippen LogP contribution in [0.3, 0.4) is 0 Å². The molecule has 0 aliphatic carbocycles. The van der Waals surface area contributed by atoms with Crippen LogP contribution in [0.2, 0.25) is 0 Å². The highest BCUT2D eigenvalue weighted by Crippen LogP contribution is 2.27. The molecule has 1 unspecified atom stereocenters. The summed E-state index contributed by atoms with van der Waals surface area (Å²) in [5.41, 5.74) is 0.686. The molecule has 0 saturated heterocycles. The van der Waals surface area contributed by atoms with Gasteiger partial charge in [0.2, 0.25) is 0 Å². The Morgan fingerprint density at radius 1 is 1.29 bits per heavy atom. The minimum atomic E-state index is -0.475. The third-order valence-electron chi connectivity index (χ3n) is 2.51. The fourth-order valence-electron chi connectivity index (χ4n) is 1.53. The summed E-state index contributed by atoms with van der Waals surface area (Å²) in [4.78, 5) is 10.8. The first kappa shape index (κ1) is 19.1. The molecule has 0 radical (unpaired) electrons. The molecule has 1 rings (SSSR count). The van der Waals surface area contributed by atoms with Crippen LogP contribution in [0.25, 0.3) is 0 Å². The summed E-state index contributed by atoms with van der Waals surface area (Å²) in [6, 6.07) is 4.36. The molecule has 0 spiro atoms. The first-order chi connectivity index (χ1) is 9.96. The minimum absolute atomic E-state index is 0.0239. The van der Waals surface area contributed by atoms with E-state index in [1.165, 1.54) is 25.7 Å². The maximum Gasteiger partial charge on any atom is 0.406 e. The molecule has 0 aliphatic rings. The van der Waals surface area contributed by atoms with Crippen molar-refractivity contribution in [2.75, 3.05) is 20.2 Å². The lowest BCUT2D eigenvalue weighted by molar-refractivity contribution is 0.171. The topological polar surface area (TPSA) is 90.8 Å². The quantitative estimate of drug-likeness (QED) is 0.627. The van der Waals surface area contributed by atoms with E-state index in [9.17, 15) is 15.0 Å². The summed E-state index contributed by atoms with van der Waals surface area (Å²) >= 11 is 0. The number of amides is 1. The number of alkyl carbamates (subject to hydrolysis) is 1. The molecule has 6 nitrogen and oxygen atoms in total. The number of hydrogen-bond donors (Lipinski definition) is 4. The third kappa shape index (κ3) is 8.04. The molecule has 0 aromatic heterocycles. The lowest BCUT2D eigenvalue weighted by Gasteiger charge is -2.15. The molecule has 0 bridgehead atoms. The molecule has 1 aromatic rings. The van der Waals surface area contributed by atoms with Crippen LogP contribution < -0.4 is 10.6 Å². The van der Waals surface area contributed by atoms with Gasteiger partial charge in [-0.25, -0.2) is 4.79 Å². The van der Waals surface area contributed by atoms with E-state index in [4.69, 9.17) is 0 Å². The fraction of sp³-hybridized carbons (Fsp3) is 0.533. The molecule has 0 heterocycles. The van der Waals surface area contributed by atoms with Crippen molar-refractivity contribution in [1.29, 1.82) is 0 Å². The second-order valence-electron chi connectivity index (χ2n) is 4.54. The van der Waals surface area contributed by atoms with Crippen molar-refractivity contribution in [3.05, 3.63) is 23.8 Å². The smallest absolute Gasteiger partial charge is 0.406 e. The number of carbonyl (C=O) groups is 1. The third-order valence-corrected chi connectivity index (χ3v) is 2.51. The molecule has 6 heteroatoms. The van der Waals surface area contributed by atoms with Crippen molar-refractivity contribution in [2.45, 2.75) is 33.2 Å². The van der Waals surface area contributed by atoms with Crippen molar-refractivity contribution in [3.8, 4) is 11.5 Å². The molecular weight excluding hydrogens is 272 g/mol. The number of aromatic hydroxyl groups is 2. The fourth-order valence-corrected chi connectivity index (χ4v) is 1.53. The zero-order valence-corrected chi connectivity index (χ0v) is 13.1. The van der Waals surface area contributed by atoms with Gasteiger partial charge in [-0.15, -0.1) is 0 Å². The zero-order chi connectivity index (χ0) is 16.3. The lowest BCUT2D eigenvalue weighted by atomic mass is 10.1. The Hall–Kier alpha value is -1.95. The molecule has 120 valence electrons. The van der Waals surface area contributed by atoms with Crippen molar-refractivity contribution in [2.24, 2.45) is 0 Å². The number of ether oxygens (including phenoxy) is 1. The number of phenolic OH excluding ortho intramolecular Hbond substituents is 2. The van der Waals surface area contributed by atoms with Gasteiger partial charge in [0.15, 0.2) is 0 Å². The number of benzene rings is 1. The predicted molar refractivity (Wildman–Crippen MR) is 82.6 cm³/mol.